The molecule has 0 aromatic heterocycles. The highest BCUT2D eigenvalue weighted by Crippen LogP contribution is 2.61. The van der Waals surface area contributed by atoms with Gasteiger partial charge >= 0.3 is 0 Å². The van der Waals surface area contributed by atoms with E-state index in [-0.39, 0.29) is 5.41 Å². The molecule has 2 saturated carbocycles. The van der Waals surface area contributed by atoms with E-state index < -0.39 is 5.60 Å². The Labute approximate surface area is 97.7 Å². The van der Waals surface area contributed by atoms with Crippen LogP contribution in [0.15, 0.2) is 12.7 Å². The van der Waals surface area contributed by atoms with Gasteiger partial charge in [-0.1, -0.05) is 13.0 Å². The fourth-order valence-electron chi connectivity index (χ4n) is 4.34. The third-order valence-corrected chi connectivity index (χ3v) is 4.93. The molecule has 5 atom stereocenters. The summed E-state index contributed by atoms with van der Waals surface area (Å²) in [4.78, 5) is 10.8. The van der Waals surface area contributed by atoms with Gasteiger partial charge in [-0.25, -0.2) is 0 Å². The SMILES string of the molecule is C=CC12CC(CC(C)(O)C1)C(C)C2CC=O. The molecule has 90 valence electrons. The van der Waals surface area contributed by atoms with Gasteiger partial charge in [-0.15, -0.1) is 6.58 Å². The maximum Gasteiger partial charge on any atom is 0.120 e. The highest BCUT2D eigenvalue weighted by atomic mass is 16.3. The highest BCUT2D eigenvalue weighted by molar-refractivity contribution is 5.50. The van der Waals surface area contributed by atoms with Crippen LogP contribution in [-0.4, -0.2) is 17.0 Å². The van der Waals surface area contributed by atoms with Crippen LogP contribution in [0, 0.1) is 23.2 Å². The molecule has 2 bridgehead atoms. The minimum Gasteiger partial charge on any atom is -0.390 e. The minimum absolute atomic E-state index is 0.00720. The van der Waals surface area contributed by atoms with Crippen molar-refractivity contribution in [2.45, 2.75) is 45.1 Å². The first-order valence-electron chi connectivity index (χ1n) is 6.24. The smallest absolute Gasteiger partial charge is 0.120 e. The molecule has 5 unspecified atom stereocenters. The van der Waals surface area contributed by atoms with Crippen molar-refractivity contribution in [2.75, 3.05) is 0 Å². The zero-order chi connectivity index (χ0) is 12.0. The van der Waals surface area contributed by atoms with Crippen molar-refractivity contribution >= 4 is 6.29 Å². The Morgan fingerprint density at radius 1 is 1.50 bits per heavy atom. The average Bonchev–Trinajstić information content (AvgIpc) is 2.40. The fourth-order valence-corrected chi connectivity index (χ4v) is 4.34. The van der Waals surface area contributed by atoms with Gasteiger partial charge in [0.05, 0.1) is 5.60 Å². The molecule has 0 aromatic rings. The van der Waals surface area contributed by atoms with Crippen LogP contribution < -0.4 is 0 Å². The lowest BCUT2D eigenvalue weighted by molar-refractivity contribution is -0.109. The maximum atomic E-state index is 10.8. The fraction of sp³-hybridized carbons (Fsp3) is 0.786. The molecule has 2 nitrogen and oxygen atoms in total. The van der Waals surface area contributed by atoms with Crippen LogP contribution in [0.25, 0.3) is 0 Å². The van der Waals surface area contributed by atoms with Crippen LogP contribution in [0.3, 0.4) is 0 Å². The summed E-state index contributed by atoms with van der Waals surface area (Å²) in [5.41, 5.74) is -0.588. The van der Waals surface area contributed by atoms with Crippen molar-refractivity contribution in [2.24, 2.45) is 23.2 Å². The molecule has 1 N–H and O–H groups in total. The van der Waals surface area contributed by atoms with Crippen molar-refractivity contribution in [3.63, 3.8) is 0 Å². The molecule has 16 heavy (non-hydrogen) atoms. The number of rotatable bonds is 3. The topological polar surface area (TPSA) is 37.3 Å². The highest BCUT2D eigenvalue weighted by Gasteiger charge is 2.56. The van der Waals surface area contributed by atoms with E-state index in [9.17, 15) is 9.90 Å². The number of carbonyl (C=O) groups excluding carboxylic acids is 1. The Kier molecular flexibility index (Phi) is 2.73. The monoisotopic (exact) mass is 222 g/mol. The Morgan fingerprint density at radius 2 is 2.19 bits per heavy atom. The van der Waals surface area contributed by atoms with E-state index in [2.05, 4.69) is 13.5 Å². The first kappa shape index (κ1) is 11.8. The molecule has 2 aliphatic carbocycles. The second kappa shape index (κ2) is 3.69. The van der Waals surface area contributed by atoms with E-state index in [1.165, 1.54) is 0 Å². The number of fused-ring (bicyclic) bond motifs is 2. The van der Waals surface area contributed by atoms with Gasteiger partial charge in [0.1, 0.15) is 6.29 Å². The van der Waals surface area contributed by atoms with Crippen molar-refractivity contribution < 1.29 is 9.90 Å². The largest absolute Gasteiger partial charge is 0.390 e. The Morgan fingerprint density at radius 3 is 2.75 bits per heavy atom. The van der Waals surface area contributed by atoms with Crippen LogP contribution in [0.4, 0.5) is 0 Å². The quantitative estimate of drug-likeness (QED) is 0.588. The number of aliphatic hydroxyl groups is 1. The van der Waals surface area contributed by atoms with Gasteiger partial charge in [0.2, 0.25) is 0 Å². The molecule has 0 aliphatic heterocycles. The van der Waals surface area contributed by atoms with Crippen molar-refractivity contribution in [3.8, 4) is 0 Å². The molecule has 2 rings (SSSR count). The summed E-state index contributed by atoms with van der Waals surface area (Å²) < 4.78 is 0. The van der Waals surface area contributed by atoms with Crippen LogP contribution in [0.2, 0.25) is 0 Å². The third kappa shape index (κ3) is 1.64. The van der Waals surface area contributed by atoms with E-state index in [1.54, 1.807) is 0 Å². The standard InChI is InChI=1S/C14H22O2/c1-4-14-8-11(7-13(3,16)9-14)10(2)12(14)5-6-15/h4,6,10-12,16H,1,5,7-9H2,2-3H3. The number of aldehydes is 1. The van der Waals surface area contributed by atoms with E-state index in [0.717, 1.165) is 25.5 Å². The molecule has 0 saturated heterocycles. The third-order valence-electron chi connectivity index (χ3n) is 4.93. The van der Waals surface area contributed by atoms with Gasteiger partial charge in [0, 0.05) is 6.42 Å². The van der Waals surface area contributed by atoms with E-state index in [1.807, 2.05) is 13.0 Å². The van der Waals surface area contributed by atoms with Crippen LogP contribution in [0.1, 0.15) is 39.5 Å². The number of allylic oxidation sites excluding steroid dienone is 1. The molecular formula is C14H22O2. The van der Waals surface area contributed by atoms with Gasteiger partial charge in [0.15, 0.2) is 0 Å². The predicted octanol–water partition coefficient (Wildman–Crippen LogP) is 2.56. The zero-order valence-electron chi connectivity index (χ0n) is 10.3. The predicted molar refractivity (Wildman–Crippen MR) is 63.9 cm³/mol. The molecular weight excluding hydrogens is 200 g/mol. The molecule has 2 heteroatoms. The second-order valence-electron chi connectivity index (χ2n) is 6.15. The Bertz CT molecular complexity index is 308. The van der Waals surface area contributed by atoms with E-state index in [0.29, 0.717) is 24.2 Å². The molecule has 0 heterocycles. The number of hydrogen-bond donors (Lipinski definition) is 1. The summed E-state index contributed by atoms with van der Waals surface area (Å²) >= 11 is 0. The van der Waals surface area contributed by atoms with Crippen LogP contribution >= 0.6 is 0 Å². The van der Waals surface area contributed by atoms with Crippen molar-refractivity contribution in [3.05, 3.63) is 12.7 Å². The van der Waals surface area contributed by atoms with Gasteiger partial charge in [0.25, 0.3) is 0 Å². The molecule has 2 fully saturated rings. The Balaban J connectivity index is 2.34. The van der Waals surface area contributed by atoms with Gasteiger partial charge in [-0.05, 0) is 49.4 Å². The summed E-state index contributed by atoms with van der Waals surface area (Å²) in [5.74, 6) is 1.45. The number of carbonyl (C=O) groups is 1. The molecule has 2 aliphatic rings. The lowest BCUT2D eigenvalue weighted by Crippen LogP contribution is -2.39. The van der Waals surface area contributed by atoms with Gasteiger partial charge in [-0.3, -0.25) is 0 Å². The summed E-state index contributed by atoms with van der Waals surface area (Å²) in [5, 5.41) is 10.3. The summed E-state index contributed by atoms with van der Waals surface area (Å²) in [6.07, 6.45) is 6.39. The van der Waals surface area contributed by atoms with E-state index in [4.69, 9.17) is 0 Å². The van der Waals surface area contributed by atoms with Gasteiger partial charge in [-0.2, -0.15) is 0 Å². The van der Waals surface area contributed by atoms with E-state index >= 15 is 0 Å². The maximum absolute atomic E-state index is 10.8. The summed E-state index contributed by atoms with van der Waals surface area (Å²) in [7, 11) is 0. The Hall–Kier alpha value is -0.630. The number of hydrogen-bond acceptors (Lipinski definition) is 2. The lowest BCUT2D eigenvalue weighted by atomic mass is 9.66. The second-order valence-corrected chi connectivity index (χ2v) is 6.15. The van der Waals surface area contributed by atoms with Crippen LogP contribution in [-0.2, 0) is 4.79 Å². The molecule has 0 amide bonds. The van der Waals surface area contributed by atoms with Gasteiger partial charge < -0.3 is 9.90 Å². The molecule has 0 spiro atoms. The first-order chi connectivity index (χ1) is 7.44. The summed E-state index contributed by atoms with van der Waals surface area (Å²) in [6.45, 7) is 8.11. The van der Waals surface area contributed by atoms with Crippen LogP contribution in [0.5, 0.6) is 0 Å². The zero-order valence-corrected chi connectivity index (χ0v) is 10.3. The van der Waals surface area contributed by atoms with Crippen molar-refractivity contribution in [1.82, 2.24) is 0 Å². The lowest BCUT2D eigenvalue weighted by Gasteiger charge is -2.41. The summed E-state index contributed by atoms with van der Waals surface area (Å²) in [6, 6.07) is 0. The first-order valence-corrected chi connectivity index (χ1v) is 6.24. The normalized spacial score (nSPS) is 51.3. The molecule has 0 aromatic carbocycles. The average molecular weight is 222 g/mol. The minimum atomic E-state index is -0.580. The molecule has 0 radical (unpaired) electrons. The van der Waals surface area contributed by atoms with Crippen molar-refractivity contribution in [1.29, 1.82) is 0 Å².